The van der Waals surface area contributed by atoms with Crippen LogP contribution in [0, 0.1) is 0 Å². The van der Waals surface area contributed by atoms with Gasteiger partial charge >= 0.3 is 19.8 Å². The van der Waals surface area contributed by atoms with Crippen molar-refractivity contribution in [1.82, 2.24) is 0 Å². The van der Waals surface area contributed by atoms with E-state index in [-0.39, 0.29) is 12.8 Å². The summed E-state index contributed by atoms with van der Waals surface area (Å²) in [6.45, 7) is 3.20. The highest BCUT2D eigenvalue weighted by molar-refractivity contribution is 7.47. The molecule has 6 atom stereocenters. The van der Waals surface area contributed by atoms with Crippen LogP contribution in [0.15, 0.2) is 60.8 Å². The summed E-state index contributed by atoms with van der Waals surface area (Å²) in [7, 11) is -5.13. The second-order valence-electron chi connectivity index (χ2n) is 15.9. The number of hydrogen-bond donors (Lipinski definition) is 6. The van der Waals surface area contributed by atoms with Crippen molar-refractivity contribution in [3.63, 3.8) is 0 Å². The topological polar surface area (TPSA) is 210 Å². The van der Waals surface area contributed by atoms with E-state index < -0.39 is 75.7 Å². The first-order valence-electron chi connectivity index (χ1n) is 23.1. The molecule has 0 spiro atoms. The molecule has 1 rings (SSSR count). The first-order valence-corrected chi connectivity index (χ1v) is 24.6. The molecule has 0 aromatic rings. The minimum absolute atomic E-state index is 0.0729. The quantitative estimate of drug-likeness (QED) is 0.0149. The zero-order chi connectivity index (χ0) is 45.0. The van der Waals surface area contributed by atoms with E-state index in [9.17, 15) is 44.6 Å². The van der Waals surface area contributed by atoms with Crippen LogP contribution in [-0.2, 0) is 32.7 Å². The number of phosphoric acid groups is 1. The molecule has 61 heavy (non-hydrogen) atoms. The molecule has 0 aromatic carbocycles. The van der Waals surface area contributed by atoms with Gasteiger partial charge in [-0.05, 0) is 77.0 Å². The summed E-state index contributed by atoms with van der Waals surface area (Å²) in [6, 6.07) is 0. The zero-order valence-corrected chi connectivity index (χ0v) is 38.1. The van der Waals surface area contributed by atoms with Crippen molar-refractivity contribution in [3.8, 4) is 0 Å². The van der Waals surface area contributed by atoms with Crippen LogP contribution >= 0.6 is 7.82 Å². The monoisotopic (exact) mass is 885 g/mol. The summed E-state index contributed by atoms with van der Waals surface area (Å²) in [6.07, 6.45) is 31.4. The fourth-order valence-electron chi connectivity index (χ4n) is 6.57. The van der Waals surface area contributed by atoms with Gasteiger partial charge < -0.3 is 39.9 Å². The fourth-order valence-corrected chi connectivity index (χ4v) is 7.54. The molecule has 1 aliphatic rings. The van der Waals surface area contributed by atoms with Gasteiger partial charge in [0.05, 0.1) is 6.61 Å². The van der Waals surface area contributed by atoms with Crippen molar-refractivity contribution >= 4 is 19.8 Å². The van der Waals surface area contributed by atoms with E-state index in [0.29, 0.717) is 19.3 Å². The van der Waals surface area contributed by atoms with Crippen LogP contribution in [0.5, 0.6) is 0 Å². The molecule has 1 saturated carbocycles. The van der Waals surface area contributed by atoms with Crippen molar-refractivity contribution in [2.45, 2.75) is 211 Å². The average molecular weight is 885 g/mol. The van der Waals surface area contributed by atoms with E-state index in [2.05, 4.69) is 62.5 Å². The molecule has 0 saturated heterocycles. The molecule has 14 heteroatoms. The summed E-state index contributed by atoms with van der Waals surface area (Å²) in [5.41, 5.74) is 0. The minimum atomic E-state index is -5.13. The molecule has 1 fully saturated rings. The number of aliphatic hydroxyl groups is 5. The SMILES string of the molecule is CCCCCC=CCC=CCC=CCC=CCCCC(=O)OCC(COP(=O)(O)OC1C(O)C(O)C(O)C(O)C1O)OC(=O)CCCCCCCC=CCCCCCCCC. The number of aliphatic hydroxyl groups excluding tert-OH is 5. The van der Waals surface area contributed by atoms with Gasteiger partial charge in [0.1, 0.15) is 43.2 Å². The van der Waals surface area contributed by atoms with Crippen LogP contribution < -0.4 is 0 Å². The normalized spacial score (nSPS) is 22.6. The highest BCUT2D eigenvalue weighted by atomic mass is 31.2. The lowest BCUT2D eigenvalue weighted by molar-refractivity contribution is -0.220. The standard InChI is InChI=1S/C47H81O13P/c1-3-5-7-9-11-13-15-17-19-20-22-23-25-27-29-31-33-35-40(48)57-37-39(38-58-61(55,56)60-47-45(53)43(51)42(50)44(52)46(47)54)59-41(49)36-34-32-30-28-26-24-21-18-16-14-12-10-8-6-4-2/h11,13,17-19,21-23,27,29,39,42-47,50-54H,3-10,12,14-16,20,24-26,28,30-38H2,1-2H3,(H,55,56). The van der Waals surface area contributed by atoms with Crippen molar-refractivity contribution in [3.05, 3.63) is 60.8 Å². The smallest absolute Gasteiger partial charge is 0.462 e. The molecule has 6 N–H and O–H groups in total. The fraction of sp³-hybridized carbons (Fsp3) is 0.745. The van der Waals surface area contributed by atoms with Gasteiger partial charge in [0, 0.05) is 12.8 Å². The van der Waals surface area contributed by atoms with Gasteiger partial charge in [0.25, 0.3) is 0 Å². The predicted molar refractivity (Wildman–Crippen MR) is 239 cm³/mol. The Hall–Kier alpha value is -2.45. The van der Waals surface area contributed by atoms with Crippen LogP contribution in [0.2, 0.25) is 0 Å². The van der Waals surface area contributed by atoms with Gasteiger partial charge in [-0.15, -0.1) is 0 Å². The van der Waals surface area contributed by atoms with E-state index in [4.69, 9.17) is 18.5 Å². The predicted octanol–water partition coefficient (Wildman–Crippen LogP) is 8.94. The lowest BCUT2D eigenvalue weighted by Crippen LogP contribution is -2.64. The minimum Gasteiger partial charge on any atom is -0.462 e. The Morgan fingerprint density at radius 1 is 0.508 bits per heavy atom. The number of carbonyl (C=O) groups excluding carboxylic acids is 2. The highest BCUT2D eigenvalue weighted by Crippen LogP contribution is 2.47. The molecule has 0 bridgehead atoms. The average Bonchev–Trinajstić information content (AvgIpc) is 3.24. The number of phosphoric ester groups is 1. The Balaban J connectivity index is 2.52. The number of esters is 2. The molecule has 352 valence electrons. The Kier molecular flexibility index (Phi) is 34.3. The molecule has 13 nitrogen and oxygen atoms in total. The number of ether oxygens (including phenoxy) is 2. The zero-order valence-electron chi connectivity index (χ0n) is 37.2. The summed E-state index contributed by atoms with van der Waals surface area (Å²) in [5.74, 6) is -1.18. The van der Waals surface area contributed by atoms with Gasteiger partial charge in [-0.1, -0.05) is 139 Å². The molecule has 0 aliphatic heterocycles. The van der Waals surface area contributed by atoms with E-state index in [1.165, 1.54) is 57.8 Å². The van der Waals surface area contributed by atoms with E-state index in [0.717, 1.165) is 64.2 Å². The van der Waals surface area contributed by atoms with Crippen molar-refractivity contribution in [1.29, 1.82) is 0 Å². The molecular formula is C47H81O13P. The van der Waals surface area contributed by atoms with Gasteiger partial charge in [-0.3, -0.25) is 18.6 Å². The Morgan fingerprint density at radius 3 is 1.44 bits per heavy atom. The highest BCUT2D eigenvalue weighted by Gasteiger charge is 2.51. The van der Waals surface area contributed by atoms with Gasteiger partial charge in [0.2, 0.25) is 0 Å². The Labute approximate surface area is 366 Å². The second kappa shape index (κ2) is 37.0. The first kappa shape index (κ1) is 56.6. The third kappa shape index (κ3) is 29.5. The molecule has 0 radical (unpaired) electrons. The van der Waals surface area contributed by atoms with Crippen LogP contribution in [0.4, 0.5) is 0 Å². The van der Waals surface area contributed by atoms with E-state index >= 15 is 0 Å². The third-order valence-corrected chi connectivity index (χ3v) is 11.3. The maximum absolute atomic E-state index is 12.8. The maximum Gasteiger partial charge on any atom is 0.472 e. The van der Waals surface area contributed by atoms with Crippen LogP contribution in [0.1, 0.15) is 168 Å². The van der Waals surface area contributed by atoms with Crippen LogP contribution in [-0.4, -0.2) is 98.3 Å². The number of carbonyl (C=O) groups is 2. The first-order chi connectivity index (χ1) is 29.4. The van der Waals surface area contributed by atoms with Gasteiger partial charge in [0.15, 0.2) is 6.10 Å². The number of unbranched alkanes of at least 4 members (excludes halogenated alkanes) is 15. The van der Waals surface area contributed by atoms with Crippen molar-refractivity contribution in [2.24, 2.45) is 0 Å². The van der Waals surface area contributed by atoms with E-state index in [1.807, 2.05) is 12.2 Å². The third-order valence-electron chi connectivity index (χ3n) is 10.3. The van der Waals surface area contributed by atoms with Gasteiger partial charge in [-0.2, -0.15) is 0 Å². The molecule has 0 aromatic heterocycles. The van der Waals surface area contributed by atoms with E-state index in [1.54, 1.807) is 0 Å². The Bertz CT molecular complexity index is 1300. The lowest BCUT2D eigenvalue weighted by atomic mass is 9.85. The molecule has 0 amide bonds. The Morgan fingerprint density at radius 2 is 0.902 bits per heavy atom. The number of rotatable bonds is 37. The molecular weight excluding hydrogens is 803 g/mol. The summed E-state index contributed by atoms with van der Waals surface area (Å²) in [5, 5.41) is 50.1. The second-order valence-corrected chi connectivity index (χ2v) is 17.3. The van der Waals surface area contributed by atoms with Crippen molar-refractivity contribution in [2.75, 3.05) is 13.2 Å². The molecule has 6 unspecified atom stereocenters. The number of allylic oxidation sites excluding steroid dienone is 10. The number of hydrogen-bond acceptors (Lipinski definition) is 12. The molecule has 1 aliphatic carbocycles. The van der Waals surface area contributed by atoms with Gasteiger partial charge in [-0.25, -0.2) is 4.57 Å². The van der Waals surface area contributed by atoms with Crippen LogP contribution in [0.25, 0.3) is 0 Å². The largest absolute Gasteiger partial charge is 0.472 e. The molecule has 0 heterocycles. The summed E-state index contributed by atoms with van der Waals surface area (Å²) < 4.78 is 33.4. The van der Waals surface area contributed by atoms with Crippen LogP contribution in [0.3, 0.4) is 0 Å². The van der Waals surface area contributed by atoms with Crippen molar-refractivity contribution < 1.29 is 63.1 Å². The summed E-state index contributed by atoms with van der Waals surface area (Å²) >= 11 is 0. The maximum atomic E-state index is 12.8. The lowest BCUT2D eigenvalue weighted by Gasteiger charge is -2.41. The summed E-state index contributed by atoms with van der Waals surface area (Å²) in [4.78, 5) is 35.7.